The van der Waals surface area contributed by atoms with Crippen LogP contribution in [0.15, 0.2) is 52.0 Å². The molecule has 0 saturated carbocycles. The predicted molar refractivity (Wildman–Crippen MR) is 94.7 cm³/mol. The number of halogens is 1. The number of carbonyl (C=O) groups excluding carboxylic acids is 1. The van der Waals surface area contributed by atoms with Gasteiger partial charge in [0, 0.05) is 22.2 Å². The summed E-state index contributed by atoms with van der Waals surface area (Å²) in [6.07, 6.45) is 0.309. The first-order valence-corrected chi connectivity index (χ1v) is 7.88. The van der Waals surface area contributed by atoms with Gasteiger partial charge in [-0.15, -0.1) is 0 Å². The Hall–Kier alpha value is -2.94. The van der Waals surface area contributed by atoms with E-state index in [1.807, 2.05) is 0 Å². The summed E-state index contributed by atoms with van der Waals surface area (Å²) in [7, 11) is 0. The van der Waals surface area contributed by atoms with Gasteiger partial charge in [0.1, 0.15) is 11.5 Å². The van der Waals surface area contributed by atoms with E-state index >= 15 is 0 Å². The minimum absolute atomic E-state index is 0.107. The highest BCUT2D eigenvalue weighted by Gasteiger charge is 2.14. The number of hydrogen-bond donors (Lipinski definition) is 2. The van der Waals surface area contributed by atoms with Gasteiger partial charge in [0.15, 0.2) is 6.10 Å². The van der Waals surface area contributed by atoms with Crippen molar-refractivity contribution in [3.8, 4) is 11.5 Å². The Labute approximate surface area is 151 Å². The average molecular weight is 408 g/mol. The number of amides is 1. The Morgan fingerprint density at radius 2 is 2.04 bits per heavy atom. The molecule has 1 unspecified atom stereocenters. The lowest BCUT2D eigenvalue weighted by atomic mass is 10.2. The number of ether oxygens (including phenoxy) is 1. The molecule has 1 atom stereocenters. The van der Waals surface area contributed by atoms with E-state index in [9.17, 15) is 20.0 Å². The number of hydrogen-bond acceptors (Lipinski definition) is 6. The molecule has 0 aliphatic heterocycles. The van der Waals surface area contributed by atoms with Crippen molar-refractivity contribution in [1.82, 2.24) is 5.43 Å². The van der Waals surface area contributed by atoms with Crippen LogP contribution in [0, 0.1) is 10.1 Å². The lowest BCUT2D eigenvalue weighted by Crippen LogP contribution is -2.33. The molecule has 0 aliphatic rings. The summed E-state index contributed by atoms with van der Waals surface area (Å²) in [5.74, 6) is -0.182. The molecule has 0 spiro atoms. The van der Waals surface area contributed by atoms with Crippen LogP contribution in [0.5, 0.6) is 11.5 Å². The van der Waals surface area contributed by atoms with Crippen molar-refractivity contribution in [3.05, 3.63) is 62.6 Å². The van der Waals surface area contributed by atoms with Crippen LogP contribution in [0.4, 0.5) is 5.69 Å². The summed E-state index contributed by atoms with van der Waals surface area (Å²) < 4.78 is 6.35. The second kappa shape index (κ2) is 8.25. The van der Waals surface area contributed by atoms with Crippen molar-refractivity contribution in [2.24, 2.45) is 5.10 Å². The number of rotatable bonds is 6. The predicted octanol–water partition coefficient (Wildman–Crippen LogP) is 2.98. The van der Waals surface area contributed by atoms with Crippen LogP contribution < -0.4 is 10.2 Å². The fourth-order valence-electron chi connectivity index (χ4n) is 1.79. The summed E-state index contributed by atoms with van der Waals surface area (Å²) in [6.45, 7) is 1.55. The topological polar surface area (TPSA) is 114 Å². The minimum atomic E-state index is -0.808. The quantitative estimate of drug-likeness (QED) is 0.433. The standard InChI is InChI=1S/C16H14BrN3O5/c1-10(25-14-5-2-12(17)3-6-14)16(22)19-18-9-11-8-13(20(23)24)4-7-15(11)21/h2-10,21H,1H3,(H,19,22)/b18-9-. The Morgan fingerprint density at radius 1 is 1.36 bits per heavy atom. The van der Waals surface area contributed by atoms with Gasteiger partial charge in [0.25, 0.3) is 11.6 Å². The smallest absolute Gasteiger partial charge is 0.280 e. The van der Waals surface area contributed by atoms with Crippen molar-refractivity contribution in [2.75, 3.05) is 0 Å². The molecular weight excluding hydrogens is 394 g/mol. The summed E-state index contributed by atoms with van der Waals surface area (Å²) in [5.41, 5.74) is 2.16. The van der Waals surface area contributed by atoms with Gasteiger partial charge in [-0.1, -0.05) is 15.9 Å². The summed E-state index contributed by atoms with van der Waals surface area (Å²) in [5, 5.41) is 24.1. The second-order valence-corrected chi connectivity index (χ2v) is 5.86. The maximum Gasteiger partial charge on any atom is 0.280 e. The third kappa shape index (κ3) is 5.28. The maximum atomic E-state index is 11.9. The molecule has 0 saturated heterocycles. The number of phenols is 1. The van der Waals surface area contributed by atoms with Crippen LogP contribution >= 0.6 is 15.9 Å². The van der Waals surface area contributed by atoms with Gasteiger partial charge in [0.2, 0.25) is 0 Å². The van der Waals surface area contributed by atoms with E-state index in [0.29, 0.717) is 5.75 Å². The van der Waals surface area contributed by atoms with Crippen molar-refractivity contribution < 1.29 is 19.6 Å². The number of benzene rings is 2. The molecule has 2 rings (SSSR count). The van der Waals surface area contributed by atoms with Gasteiger partial charge in [0.05, 0.1) is 11.1 Å². The Bertz CT molecular complexity index is 808. The van der Waals surface area contributed by atoms with Gasteiger partial charge in [-0.2, -0.15) is 5.10 Å². The normalized spacial score (nSPS) is 11.9. The highest BCUT2D eigenvalue weighted by atomic mass is 79.9. The van der Waals surface area contributed by atoms with E-state index in [4.69, 9.17) is 4.74 Å². The number of carbonyl (C=O) groups is 1. The van der Waals surface area contributed by atoms with Crippen LogP contribution in [0.2, 0.25) is 0 Å². The zero-order valence-electron chi connectivity index (χ0n) is 13.0. The number of nitrogens with zero attached hydrogens (tertiary/aromatic N) is 2. The molecular formula is C16H14BrN3O5. The number of aromatic hydroxyl groups is 1. The highest BCUT2D eigenvalue weighted by molar-refractivity contribution is 9.10. The van der Waals surface area contributed by atoms with E-state index in [0.717, 1.165) is 16.8 Å². The SMILES string of the molecule is CC(Oc1ccc(Br)cc1)C(=O)N/N=C\c1cc([N+](=O)[O-])ccc1O. The third-order valence-corrected chi connectivity index (χ3v) is 3.62. The van der Waals surface area contributed by atoms with Crippen LogP contribution in [0.25, 0.3) is 0 Å². The van der Waals surface area contributed by atoms with E-state index in [1.165, 1.54) is 12.1 Å². The van der Waals surface area contributed by atoms with Gasteiger partial charge >= 0.3 is 0 Å². The lowest BCUT2D eigenvalue weighted by molar-refractivity contribution is -0.384. The van der Waals surface area contributed by atoms with Crippen molar-refractivity contribution in [2.45, 2.75) is 13.0 Å². The van der Waals surface area contributed by atoms with Crippen molar-refractivity contribution in [3.63, 3.8) is 0 Å². The first-order chi connectivity index (χ1) is 11.9. The van der Waals surface area contributed by atoms with Gasteiger partial charge in [-0.25, -0.2) is 5.43 Å². The van der Waals surface area contributed by atoms with Crippen molar-refractivity contribution >= 4 is 33.7 Å². The van der Waals surface area contributed by atoms with Gasteiger partial charge < -0.3 is 9.84 Å². The van der Waals surface area contributed by atoms with E-state index in [1.54, 1.807) is 31.2 Å². The number of nitrogens with one attached hydrogen (secondary N) is 1. The molecule has 0 aromatic heterocycles. The van der Waals surface area contributed by atoms with Gasteiger partial charge in [-0.3, -0.25) is 14.9 Å². The van der Waals surface area contributed by atoms with Crippen LogP contribution in [0.3, 0.4) is 0 Å². The molecule has 2 N–H and O–H groups in total. The molecule has 25 heavy (non-hydrogen) atoms. The first kappa shape index (κ1) is 18.4. The summed E-state index contributed by atoms with van der Waals surface area (Å²) in [4.78, 5) is 22.1. The molecule has 0 radical (unpaired) electrons. The molecule has 8 nitrogen and oxygen atoms in total. The van der Waals surface area contributed by atoms with Crippen LogP contribution in [-0.2, 0) is 4.79 Å². The lowest BCUT2D eigenvalue weighted by Gasteiger charge is -2.12. The molecule has 1 amide bonds. The number of phenolic OH excluding ortho intramolecular Hbond substituents is 1. The van der Waals surface area contributed by atoms with Crippen LogP contribution in [0.1, 0.15) is 12.5 Å². The molecule has 9 heteroatoms. The number of nitro groups is 1. The minimum Gasteiger partial charge on any atom is -0.507 e. The molecule has 0 fully saturated rings. The monoisotopic (exact) mass is 407 g/mol. The average Bonchev–Trinajstić information content (AvgIpc) is 2.58. The van der Waals surface area contributed by atoms with E-state index in [2.05, 4.69) is 26.5 Å². The number of nitro benzene ring substituents is 1. The largest absolute Gasteiger partial charge is 0.507 e. The van der Waals surface area contributed by atoms with Crippen LogP contribution in [-0.4, -0.2) is 28.3 Å². The first-order valence-electron chi connectivity index (χ1n) is 7.09. The zero-order valence-corrected chi connectivity index (χ0v) is 14.6. The molecule has 0 aliphatic carbocycles. The Kier molecular flexibility index (Phi) is 6.07. The highest BCUT2D eigenvalue weighted by Crippen LogP contribution is 2.21. The molecule has 0 bridgehead atoms. The number of hydrazone groups is 1. The number of non-ortho nitro benzene ring substituents is 1. The van der Waals surface area contributed by atoms with E-state index < -0.39 is 16.9 Å². The summed E-state index contributed by atoms with van der Waals surface area (Å²) >= 11 is 3.30. The molecule has 2 aromatic carbocycles. The Morgan fingerprint density at radius 3 is 2.68 bits per heavy atom. The Balaban J connectivity index is 1.96. The molecule has 2 aromatic rings. The van der Waals surface area contributed by atoms with E-state index in [-0.39, 0.29) is 17.0 Å². The fourth-order valence-corrected chi connectivity index (χ4v) is 2.05. The molecule has 0 heterocycles. The summed E-state index contributed by atoms with van der Waals surface area (Å²) in [6, 6.07) is 10.5. The van der Waals surface area contributed by atoms with Gasteiger partial charge in [-0.05, 0) is 37.3 Å². The third-order valence-electron chi connectivity index (χ3n) is 3.10. The molecule has 130 valence electrons. The maximum absolute atomic E-state index is 11.9. The second-order valence-electron chi connectivity index (χ2n) is 4.95. The fraction of sp³-hybridized carbons (Fsp3) is 0.125. The zero-order chi connectivity index (χ0) is 18.4. The van der Waals surface area contributed by atoms with Crippen molar-refractivity contribution in [1.29, 1.82) is 0 Å².